The van der Waals surface area contributed by atoms with Crippen molar-refractivity contribution in [1.29, 1.82) is 0 Å². The van der Waals surface area contributed by atoms with E-state index in [0.717, 1.165) is 29.5 Å². The number of halogens is 3. The van der Waals surface area contributed by atoms with Crippen molar-refractivity contribution in [2.24, 2.45) is 5.73 Å². The summed E-state index contributed by atoms with van der Waals surface area (Å²) in [6, 6.07) is 9.88. The van der Waals surface area contributed by atoms with Gasteiger partial charge in [-0.1, -0.05) is 41.4 Å². The Morgan fingerprint density at radius 3 is 2.48 bits per heavy atom. The van der Waals surface area contributed by atoms with Crippen LogP contribution in [0.25, 0.3) is 0 Å². The zero-order chi connectivity index (χ0) is 18.0. The molecule has 0 atom stereocenters. The van der Waals surface area contributed by atoms with E-state index in [1.54, 1.807) is 18.2 Å². The third-order valence-electron chi connectivity index (χ3n) is 4.39. The molecule has 0 aromatic heterocycles. The second kappa shape index (κ2) is 7.32. The van der Waals surface area contributed by atoms with E-state index in [2.05, 4.69) is 5.32 Å². The van der Waals surface area contributed by atoms with Crippen LogP contribution in [0.1, 0.15) is 36.0 Å². The van der Waals surface area contributed by atoms with Gasteiger partial charge in [0.15, 0.2) is 0 Å². The predicted octanol–water partition coefficient (Wildman–Crippen LogP) is 4.22. The minimum absolute atomic E-state index is 0.0706. The van der Waals surface area contributed by atoms with Gasteiger partial charge in [0.25, 0.3) is 0 Å². The zero-order valence-electron chi connectivity index (χ0n) is 13.6. The van der Waals surface area contributed by atoms with E-state index in [9.17, 15) is 9.18 Å². The highest BCUT2D eigenvalue weighted by atomic mass is 35.5. The van der Waals surface area contributed by atoms with E-state index in [-0.39, 0.29) is 11.7 Å². The summed E-state index contributed by atoms with van der Waals surface area (Å²) < 4.78 is 13.1. The van der Waals surface area contributed by atoms with Crippen LogP contribution >= 0.6 is 23.2 Å². The Bertz CT molecular complexity index is 789. The zero-order valence-corrected chi connectivity index (χ0v) is 15.1. The van der Waals surface area contributed by atoms with Crippen LogP contribution in [-0.2, 0) is 17.6 Å². The molecular weight excluding hydrogens is 362 g/mol. The second-order valence-corrected chi connectivity index (χ2v) is 7.29. The van der Waals surface area contributed by atoms with Gasteiger partial charge in [-0.15, -0.1) is 0 Å². The number of amides is 1. The smallest absolute Gasteiger partial charge is 0.221 e. The Labute approximate surface area is 156 Å². The molecular formula is C19H19Cl2FN2O. The lowest BCUT2D eigenvalue weighted by molar-refractivity contribution is -0.121. The van der Waals surface area contributed by atoms with Gasteiger partial charge < -0.3 is 11.1 Å². The first-order valence-corrected chi connectivity index (χ1v) is 8.92. The van der Waals surface area contributed by atoms with Gasteiger partial charge in [-0.05, 0) is 60.6 Å². The first-order chi connectivity index (χ1) is 11.9. The van der Waals surface area contributed by atoms with Crippen molar-refractivity contribution in [2.45, 2.75) is 37.8 Å². The molecule has 3 N–H and O–H groups in total. The van der Waals surface area contributed by atoms with E-state index in [1.807, 2.05) is 6.07 Å². The highest BCUT2D eigenvalue weighted by molar-refractivity contribution is 6.42. The molecule has 0 aliphatic heterocycles. The summed E-state index contributed by atoms with van der Waals surface area (Å²) in [4.78, 5) is 12.0. The highest BCUT2D eigenvalue weighted by Gasteiger charge is 2.39. The minimum atomic E-state index is -0.508. The topological polar surface area (TPSA) is 55.1 Å². The maximum Gasteiger partial charge on any atom is 0.221 e. The highest BCUT2D eigenvalue weighted by Crippen LogP contribution is 2.32. The van der Waals surface area contributed by atoms with Gasteiger partial charge in [0.2, 0.25) is 5.91 Å². The average Bonchev–Trinajstić information content (AvgIpc) is 3.30. The van der Waals surface area contributed by atoms with E-state index in [4.69, 9.17) is 28.9 Å². The molecule has 0 radical (unpaired) electrons. The Morgan fingerprint density at radius 1 is 1.16 bits per heavy atom. The molecule has 0 heterocycles. The lowest BCUT2D eigenvalue weighted by Gasteiger charge is -2.15. The first kappa shape index (κ1) is 18.2. The predicted molar refractivity (Wildman–Crippen MR) is 98.3 cm³/mol. The van der Waals surface area contributed by atoms with E-state index < -0.39 is 5.66 Å². The van der Waals surface area contributed by atoms with E-state index in [0.29, 0.717) is 29.3 Å². The third kappa shape index (κ3) is 4.72. The Kier molecular flexibility index (Phi) is 5.32. The minimum Gasteiger partial charge on any atom is -0.338 e. The molecule has 0 saturated heterocycles. The molecule has 1 fully saturated rings. The van der Waals surface area contributed by atoms with Crippen LogP contribution in [0, 0.1) is 5.82 Å². The fraction of sp³-hybridized carbons (Fsp3) is 0.316. The summed E-state index contributed by atoms with van der Waals surface area (Å²) in [5, 5.41) is 3.78. The second-order valence-electron chi connectivity index (χ2n) is 6.51. The number of aryl methyl sites for hydroxylation is 1. The molecule has 0 spiro atoms. The fourth-order valence-corrected chi connectivity index (χ4v) is 3.14. The van der Waals surface area contributed by atoms with Crippen LogP contribution in [-0.4, -0.2) is 11.6 Å². The Balaban J connectivity index is 1.75. The van der Waals surface area contributed by atoms with Crippen LogP contribution in [0.3, 0.4) is 0 Å². The number of hydrogen-bond donors (Lipinski definition) is 2. The maximum absolute atomic E-state index is 13.1. The van der Waals surface area contributed by atoms with Gasteiger partial charge >= 0.3 is 0 Å². The molecule has 2 aromatic carbocycles. The number of nitrogens with two attached hydrogens (primary N) is 1. The van der Waals surface area contributed by atoms with Crippen LogP contribution in [0.4, 0.5) is 4.39 Å². The molecule has 0 bridgehead atoms. The number of rotatable bonds is 6. The summed E-state index contributed by atoms with van der Waals surface area (Å²) in [6.07, 6.45) is 3.03. The van der Waals surface area contributed by atoms with Crippen molar-refractivity contribution in [2.75, 3.05) is 0 Å². The lowest BCUT2D eigenvalue weighted by Crippen LogP contribution is -2.43. The summed E-state index contributed by atoms with van der Waals surface area (Å²) >= 11 is 12.5. The van der Waals surface area contributed by atoms with Crippen molar-refractivity contribution in [3.63, 3.8) is 0 Å². The molecule has 2 aromatic rings. The fourth-order valence-electron chi connectivity index (χ4n) is 2.71. The van der Waals surface area contributed by atoms with Crippen molar-refractivity contribution in [3.8, 4) is 0 Å². The lowest BCUT2D eigenvalue weighted by atomic mass is 9.96. The van der Waals surface area contributed by atoms with Gasteiger partial charge in [0.1, 0.15) is 5.82 Å². The first-order valence-electron chi connectivity index (χ1n) is 8.16. The molecule has 6 heteroatoms. The normalized spacial score (nSPS) is 15.0. The molecule has 3 nitrogen and oxygen atoms in total. The Hall–Kier alpha value is -1.62. The van der Waals surface area contributed by atoms with Crippen molar-refractivity contribution in [1.82, 2.24) is 5.32 Å². The maximum atomic E-state index is 13.1. The molecule has 3 rings (SSSR count). The van der Waals surface area contributed by atoms with Gasteiger partial charge in [-0.3, -0.25) is 4.79 Å². The average molecular weight is 381 g/mol. The van der Waals surface area contributed by atoms with Crippen molar-refractivity contribution < 1.29 is 9.18 Å². The van der Waals surface area contributed by atoms with Crippen LogP contribution < -0.4 is 11.1 Å². The molecule has 25 heavy (non-hydrogen) atoms. The van der Waals surface area contributed by atoms with Crippen LogP contribution in [0.5, 0.6) is 0 Å². The summed E-state index contributed by atoms with van der Waals surface area (Å²) in [5.74, 6) is -0.354. The van der Waals surface area contributed by atoms with E-state index in [1.165, 1.54) is 12.1 Å². The molecule has 1 saturated carbocycles. The van der Waals surface area contributed by atoms with Gasteiger partial charge in [0, 0.05) is 6.42 Å². The summed E-state index contributed by atoms with van der Waals surface area (Å²) in [7, 11) is 0. The number of hydrogen-bond acceptors (Lipinski definition) is 2. The molecule has 0 unspecified atom stereocenters. The number of benzene rings is 2. The van der Waals surface area contributed by atoms with Crippen LogP contribution in [0.15, 0.2) is 36.4 Å². The molecule has 132 valence electrons. The molecule has 1 amide bonds. The van der Waals surface area contributed by atoms with Crippen LogP contribution in [0.2, 0.25) is 10.0 Å². The monoisotopic (exact) mass is 380 g/mol. The van der Waals surface area contributed by atoms with E-state index >= 15 is 0 Å². The molecule has 1 aliphatic carbocycles. The number of carbonyl (C=O) groups excluding carboxylic acids is 1. The summed E-state index contributed by atoms with van der Waals surface area (Å²) in [5.41, 5.74) is 8.14. The summed E-state index contributed by atoms with van der Waals surface area (Å²) in [6.45, 7) is 0. The third-order valence-corrected chi connectivity index (χ3v) is 5.23. The standard InChI is InChI=1S/C19H19Cl2FN2O/c20-16-7-3-13(4-8-17(25)24-19(23)9-10-19)15(18(16)21)11-12-1-5-14(22)6-2-12/h1-3,5-7H,4,8-11,23H2,(H,24,25). The van der Waals surface area contributed by atoms with Crippen molar-refractivity contribution >= 4 is 29.1 Å². The molecule has 1 aliphatic rings. The van der Waals surface area contributed by atoms with Gasteiger partial charge in [-0.25, -0.2) is 4.39 Å². The number of carbonyl (C=O) groups is 1. The number of nitrogens with one attached hydrogen (secondary N) is 1. The van der Waals surface area contributed by atoms with Gasteiger partial charge in [-0.2, -0.15) is 0 Å². The SMILES string of the molecule is NC1(NC(=O)CCc2ccc(Cl)c(Cl)c2Cc2ccc(F)cc2)CC1. The van der Waals surface area contributed by atoms with Crippen molar-refractivity contribution in [3.05, 3.63) is 69.0 Å². The van der Waals surface area contributed by atoms with Gasteiger partial charge in [0.05, 0.1) is 15.7 Å². The Morgan fingerprint density at radius 2 is 1.84 bits per heavy atom. The largest absolute Gasteiger partial charge is 0.338 e. The quantitative estimate of drug-likeness (QED) is 0.737.